The van der Waals surface area contributed by atoms with Crippen molar-refractivity contribution in [3.05, 3.63) is 65.2 Å². The van der Waals surface area contributed by atoms with Gasteiger partial charge in [0.2, 0.25) is 21.8 Å². The predicted molar refractivity (Wildman–Crippen MR) is 128 cm³/mol. The smallest absolute Gasteiger partial charge is 0.244 e. The summed E-state index contributed by atoms with van der Waals surface area (Å²) in [6.07, 6.45) is 1.07. The summed E-state index contributed by atoms with van der Waals surface area (Å²) in [5.41, 5.74) is 3.17. The van der Waals surface area contributed by atoms with Crippen molar-refractivity contribution in [3.8, 4) is 0 Å². The lowest BCUT2D eigenvalue weighted by Crippen LogP contribution is -2.52. The molecule has 7 nitrogen and oxygen atoms in total. The minimum atomic E-state index is -3.72. The second-order valence-electron chi connectivity index (χ2n) is 8.40. The van der Waals surface area contributed by atoms with E-state index in [9.17, 15) is 18.0 Å². The topological polar surface area (TPSA) is 86.8 Å². The molecule has 174 valence electrons. The normalized spacial score (nSPS) is 12.3. The van der Waals surface area contributed by atoms with E-state index in [1.54, 1.807) is 25.1 Å². The Kier molecular flexibility index (Phi) is 8.44. The second kappa shape index (κ2) is 10.6. The summed E-state index contributed by atoms with van der Waals surface area (Å²) in [7, 11) is -3.72. The fourth-order valence-corrected chi connectivity index (χ4v) is 4.20. The highest BCUT2D eigenvalue weighted by atomic mass is 32.2. The molecule has 0 unspecified atom stereocenters. The fourth-order valence-electron chi connectivity index (χ4n) is 3.36. The first-order valence-corrected chi connectivity index (χ1v) is 12.4. The van der Waals surface area contributed by atoms with Gasteiger partial charge in [-0.05, 0) is 63.4 Å². The van der Waals surface area contributed by atoms with Crippen LogP contribution in [0.5, 0.6) is 0 Å². The lowest BCUT2D eigenvalue weighted by atomic mass is 10.1. The standard InChI is InChI=1S/C24H33N3O4S/c1-17(2)25-24(29)20(5)26(15-21-12-8-7-11-19(21)4)23(28)16-27(32(6,30)31)22-13-9-10-18(3)14-22/h7-14,17,20H,15-16H2,1-6H3,(H,25,29)/t20-/m1/s1. The first-order valence-electron chi connectivity index (χ1n) is 10.6. The number of carbonyl (C=O) groups is 2. The maximum absolute atomic E-state index is 13.4. The molecule has 0 spiro atoms. The van der Waals surface area contributed by atoms with E-state index in [2.05, 4.69) is 5.32 Å². The van der Waals surface area contributed by atoms with Gasteiger partial charge in [0.15, 0.2) is 0 Å². The summed E-state index contributed by atoms with van der Waals surface area (Å²) in [5.74, 6) is -0.741. The quantitative estimate of drug-likeness (QED) is 0.625. The summed E-state index contributed by atoms with van der Waals surface area (Å²) in [6.45, 7) is 8.95. The third-order valence-electron chi connectivity index (χ3n) is 5.17. The molecule has 0 aromatic heterocycles. The van der Waals surface area contributed by atoms with Crippen molar-refractivity contribution in [2.75, 3.05) is 17.1 Å². The molecule has 2 amide bonds. The van der Waals surface area contributed by atoms with Gasteiger partial charge < -0.3 is 10.2 Å². The van der Waals surface area contributed by atoms with Crippen LogP contribution in [-0.2, 0) is 26.2 Å². The van der Waals surface area contributed by atoms with Crippen molar-refractivity contribution >= 4 is 27.5 Å². The molecule has 2 rings (SSSR count). The zero-order chi connectivity index (χ0) is 24.1. The third-order valence-corrected chi connectivity index (χ3v) is 6.31. The molecule has 8 heteroatoms. The largest absolute Gasteiger partial charge is 0.352 e. The van der Waals surface area contributed by atoms with Crippen LogP contribution in [0.1, 0.15) is 37.5 Å². The molecule has 0 aliphatic rings. The number of aryl methyl sites for hydroxylation is 2. The van der Waals surface area contributed by atoms with Crippen LogP contribution in [0.2, 0.25) is 0 Å². The highest BCUT2D eigenvalue weighted by Crippen LogP contribution is 2.20. The van der Waals surface area contributed by atoms with E-state index >= 15 is 0 Å². The lowest BCUT2D eigenvalue weighted by Gasteiger charge is -2.32. The monoisotopic (exact) mass is 459 g/mol. The summed E-state index contributed by atoms with van der Waals surface area (Å²) >= 11 is 0. The number of benzene rings is 2. The molecule has 0 saturated heterocycles. The number of nitrogens with zero attached hydrogens (tertiary/aromatic N) is 2. The van der Waals surface area contributed by atoms with E-state index in [-0.39, 0.29) is 18.5 Å². The zero-order valence-corrected chi connectivity index (χ0v) is 20.4. The van der Waals surface area contributed by atoms with Gasteiger partial charge in [0, 0.05) is 12.6 Å². The van der Waals surface area contributed by atoms with Crippen LogP contribution < -0.4 is 9.62 Å². The Balaban J connectivity index is 2.40. The molecule has 32 heavy (non-hydrogen) atoms. The maximum Gasteiger partial charge on any atom is 0.244 e. The van der Waals surface area contributed by atoms with Gasteiger partial charge in [0.1, 0.15) is 12.6 Å². The van der Waals surface area contributed by atoms with E-state index in [0.29, 0.717) is 5.69 Å². The van der Waals surface area contributed by atoms with E-state index in [1.807, 2.05) is 58.0 Å². The van der Waals surface area contributed by atoms with Crippen LogP contribution in [0.4, 0.5) is 5.69 Å². The molecule has 1 atom stereocenters. The Morgan fingerprint density at radius 2 is 1.66 bits per heavy atom. The van der Waals surface area contributed by atoms with Crippen LogP contribution in [0.25, 0.3) is 0 Å². The Bertz CT molecular complexity index is 1070. The van der Waals surface area contributed by atoms with Crippen molar-refractivity contribution in [3.63, 3.8) is 0 Å². The summed E-state index contributed by atoms with van der Waals surface area (Å²) in [4.78, 5) is 27.6. The van der Waals surface area contributed by atoms with Crippen LogP contribution in [0.15, 0.2) is 48.5 Å². The molecular weight excluding hydrogens is 426 g/mol. The Labute approximate surface area is 191 Å². The van der Waals surface area contributed by atoms with Crippen molar-refractivity contribution in [1.29, 1.82) is 0 Å². The average Bonchev–Trinajstić information content (AvgIpc) is 2.69. The van der Waals surface area contributed by atoms with Gasteiger partial charge in [-0.2, -0.15) is 0 Å². The Hall–Kier alpha value is -2.87. The average molecular weight is 460 g/mol. The van der Waals surface area contributed by atoms with E-state index in [0.717, 1.165) is 27.3 Å². The summed E-state index contributed by atoms with van der Waals surface area (Å²) in [6, 6.07) is 13.7. The van der Waals surface area contributed by atoms with Crippen LogP contribution in [0.3, 0.4) is 0 Å². The van der Waals surface area contributed by atoms with Crippen LogP contribution in [0, 0.1) is 13.8 Å². The molecule has 0 bridgehead atoms. The minimum absolute atomic E-state index is 0.0832. The van der Waals surface area contributed by atoms with Gasteiger partial charge in [-0.1, -0.05) is 36.4 Å². The summed E-state index contributed by atoms with van der Waals surface area (Å²) in [5, 5.41) is 2.84. The molecule has 0 radical (unpaired) electrons. The molecule has 1 N–H and O–H groups in total. The van der Waals surface area contributed by atoms with Gasteiger partial charge in [-0.3, -0.25) is 13.9 Å². The van der Waals surface area contributed by atoms with Gasteiger partial charge in [0.25, 0.3) is 0 Å². The minimum Gasteiger partial charge on any atom is -0.352 e. The van der Waals surface area contributed by atoms with E-state index < -0.39 is 28.5 Å². The molecule has 0 aliphatic heterocycles. The van der Waals surface area contributed by atoms with Crippen molar-refractivity contribution in [1.82, 2.24) is 10.2 Å². The highest BCUT2D eigenvalue weighted by Gasteiger charge is 2.30. The SMILES string of the molecule is Cc1cccc(N(CC(=O)N(Cc2ccccc2C)[C@H](C)C(=O)NC(C)C)S(C)(=O)=O)c1. The van der Waals surface area contributed by atoms with Crippen LogP contribution >= 0.6 is 0 Å². The van der Waals surface area contributed by atoms with E-state index in [4.69, 9.17) is 0 Å². The van der Waals surface area contributed by atoms with Gasteiger partial charge in [0.05, 0.1) is 11.9 Å². The molecule has 0 fully saturated rings. The second-order valence-corrected chi connectivity index (χ2v) is 10.3. The molecule has 0 heterocycles. The van der Waals surface area contributed by atoms with Gasteiger partial charge >= 0.3 is 0 Å². The van der Waals surface area contributed by atoms with Crippen molar-refractivity contribution in [2.24, 2.45) is 0 Å². The number of nitrogens with one attached hydrogen (secondary N) is 1. The number of hydrogen-bond acceptors (Lipinski definition) is 4. The number of amides is 2. The molecule has 0 saturated carbocycles. The molecular formula is C24H33N3O4S. The van der Waals surface area contributed by atoms with Gasteiger partial charge in [-0.15, -0.1) is 0 Å². The number of carbonyl (C=O) groups excluding carboxylic acids is 2. The lowest BCUT2D eigenvalue weighted by molar-refractivity contribution is -0.139. The molecule has 0 aliphatic carbocycles. The molecule has 2 aromatic rings. The highest BCUT2D eigenvalue weighted by molar-refractivity contribution is 7.92. The Morgan fingerprint density at radius 3 is 2.22 bits per heavy atom. The zero-order valence-electron chi connectivity index (χ0n) is 19.6. The molecule has 2 aromatic carbocycles. The van der Waals surface area contributed by atoms with Gasteiger partial charge in [-0.25, -0.2) is 8.42 Å². The summed E-state index contributed by atoms with van der Waals surface area (Å²) < 4.78 is 26.2. The Morgan fingerprint density at radius 1 is 1.00 bits per heavy atom. The number of rotatable bonds is 9. The van der Waals surface area contributed by atoms with Crippen molar-refractivity contribution in [2.45, 2.75) is 53.2 Å². The first kappa shape index (κ1) is 25.4. The predicted octanol–water partition coefficient (Wildman–Crippen LogP) is 3.01. The van der Waals surface area contributed by atoms with Crippen LogP contribution in [-0.4, -0.2) is 50.0 Å². The number of hydrogen-bond donors (Lipinski definition) is 1. The first-order chi connectivity index (χ1) is 14.9. The van der Waals surface area contributed by atoms with Crippen molar-refractivity contribution < 1.29 is 18.0 Å². The number of anilines is 1. The fraction of sp³-hybridized carbons (Fsp3) is 0.417. The third kappa shape index (κ3) is 6.82. The maximum atomic E-state index is 13.4. The van der Waals surface area contributed by atoms with E-state index in [1.165, 1.54) is 4.90 Å². The number of sulfonamides is 1.